The van der Waals surface area contributed by atoms with Crippen LogP contribution in [0.5, 0.6) is 0 Å². The van der Waals surface area contributed by atoms with Crippen LogP contribution in [0.3, 0.4) is 0 Å². The molecule has 8 N–H and O–H groups in total. The van der Waals surface area contributed by atoms with Crippen molar-refractivity contribution in [2.75, 3.05) is 18.1 Å². The number of aliphatic hydroxyl groups is 1. The molecule has 0 unspecified atom stereocenters. The Kier molecular flexibility index (Phi) is 11.1. The van der Waals surface area contributed by atoms with Gasteiger partial charge in [-0.3, -0.25) is 19.6 Å². The van der Waals surface area contributed by atoms with Crippen molar-refractivity contribution in [2.45, 2.75) is 23.7 Å². The maximum atomic E-state index is 12.3. The first-order chi connectivity index (χ1) is 18.8. The lowest BCUT2D eigenvalue weighted by molar-refractivity contribution is -0.133. The molecular weight excluding hydrogens is 518 g/mol. The zero-order valence-electron chi connectivity index (χ0n) is 21.1. The highest BCUT2D eigenvalue weighted by atomic mass is 32.2. The van der Waals surface area contributed by atoms with Gasteiger partial charge in [0.1, 0.15) is 12.3 Å². The third kappa shape index (κ3) is 9.26. The van der Waals surface area contributed by atoms with Gasteiger partial charge in [0.25, 0.3) is 11.8 Å². The van der Waals surface area contributed by atoms with E-state index < -0.39 is 24.1 Å². The van der Waals surface area contributed by atoms with Crippen LogP contribution in [0.15, 0.2) is 77.7 Å². The van der Waals surface area contributed by atoms with E-state index in [2.05, 4.69) is 39.9 Å². The summed E-state index contributed by atoms with van der Waals surface area (Å²) in [6, 6.07) is 20.0. The topological polar surface area (TPSA) is 166 Å². The number of hydrogen-bond acceptors (Lipinski definition) is 8. The van der Waals surface area contributed by atoms with Crippen LogP contribution in [0.1, 0.15) is 27.0 Å². The van der Waals surface area contributed by atoms with Gasteiger partial charge in [0.2, 0.25) is 5.91 Å². The molecule has 202 valence electrons. The number of aliphatic hydroxyl groups excluding tert-OH is 1. The second kappa shape index (κ2) is 14.7. The SMILES string of the molecule is CSc1ccc(CNCC(=O)Nc2ccc(C#Cc3ccc(C(=O)N[C@H](C(=O)NO)[C@@H](N)O)cc3)cc2)cc1. The van der Waals surface area contributed by atoms with Crippen LogP contribution in [-0.4, -0.2) is 53.1 Å². The Hall–Kier alpha value is -4.18. The number of thioether (sulfide) groups is 1. The number of nitrogens with one attached hydrogen (secondary N) is 4. The Bertz CT molecular complexity index is 1330. The number of rotatable bonds is 10. The number of anilines is 1. The average molecular weight is 548 g/mol. The summed E-state index contributed by atoms with van der Waals surface area (Å²) in [6.07, 6.45) is 0.329. The van der Waals surface area contributed by atoms with Crippen molar-refractivity contribution >= 4 is 35.2 Å². The fourth-order valence-corrected chi connectivity index (χ4v) is 3.76. The highest BCUT2D eigenvalue weighted by Crippen LogP contribution is 2.14. The van der Waals surface area contributed by atoms with Crippen molar-refractivity contribution in [1.29, 1.82) is 0 Å². The van der Waals surface area contributed by atoms with E-state index in [9.17, 15) is 19.5 Å². The van der Waals surface area contributed by atoms with Gasteiger partial charge in [0.15, 0.2) is 0 Å². The molecule has 3 aromatic rings. The first-order valence-electron chi connectivity index (χ1n) is 11.8. The Morgan fingerprint density at radius 2 is 1.51 bits per heavy atom. The number of carbonyl (C=O) groups excluding carboxylic acids is 3. The van der Waals surface area contributed by atoms with Crippen LogP contribution in [0.25, 0.3) is 0 Å². The second-order valence-electron chi connectivity index (χ2n) is 8.32. The second-order valence-corrected chi connectivity index (χ2v) is 9.20. The molecule has 0 fully saturated rings. The summed E-state index contributed by atoms with van der Waals surface area (Å²) < 4.78 is 0. The number of nitrogens with two attached hydrogens (primary N) is 1. The van der Waals surface area contributed by atoms with E-state index in [1.807, 2.05) is 18.4 Å². The summed E-state index contributed by atoms with van der Waals surface area (Å²) in [4.78, 5) is 37.3. The fraction of sp³-hybridized carbons (Fsp3) is 0.179. The average Bonchev–Trinajstić information content (AvgIpc) is 2.95. The summed E-state index contributed by atoms with van der Waals surface area (Å²) in [5, 5.41) is 26.4. The lowest BCUT2D eigenvalue weighted by atomic mass is 10.1. The van der Waals surface area contributed by atoms with E-state index in [-0.39, 0.29) is 18.0 Å². The first kappa shape index (κ1) is 29.4. The Morgan fingerprint density at radius 1 is 0.923 bits per heavy atom. The van der Waals surface area contributed by atoms with E-state index in [1.54, 1.807) is 48.2 Å². The number of benzene rings is 3. The van der Waals surface area contributed by atoms with Crippen molar-refractivity contribution in [2.24, 2.45) is 5.73 Å². The minimum Gasteiger partial charge on any atom is -0.376 e. The minimum absolute atomic E-state index is 0.150. The van der Waals surface area contributed by atoms with Gasteiger partial charge < -0.3 is 26.8 Å². The van der Waals surface area contributed by atoms with Crippen molar-refractivity contribution in [3.63, 3.8) is 0 Å². The third-order valence-electron chi connectivity index (χ3n) is 5.46. The monoisotopic (exact) mass is 547 g/mol. The van der Waals surface area contributed by atoms with Crippen LogP contribution in [0.4, 0.5) is 5.69 Å². The smallest absolute Gasteiger partial charge is 0.270 e. The van der Waals surface area contributed by atoms with Gasteiger partial charge in [-0.25, -0.2) is 5.48 Å². The van der Waals surface area contributed by atoms with Crippen LogP contribution in [-0.2, 0) is 16.1 Å². The predicted octanol–water partition coefficient (Wildman–Crippen LogP) is 1.42. The van der Waals surface area contributed by atoms with Crippen molar-refractivity contribution in [1.82, 2.24) is 16.1 Å². The van der Waals surface area contributed by atoms with Gasteiger partial charge in [0, 0.05) is 33.8 Å². The van der Waals surface area contributed by atoms with Gasteiger partial charge in [-0.2, -0.15) is 0 Å². The molecule has 0 heterocycles. The molecule has 3 rings (SSSR count). The Morgan fingerprint density at radius 3 is 2.05 bits per heavy atom. The molecule has 0 saturated heterocycles. The van der Waals surface area contributed by atoms with Gasteiger partial charge in [0.05, 0.1) is 6.54 Å². The molecule has 0 aliphatic rings. The van der Waals surface area contributed by atoms with E-state index in [0.29, 0.717) is 17.8 Å². The zero-order valence-corrected chi connectivity index (χ0v) is 21.9. The standard InChI is InChI=1S/C28H29N5O5S/c1-39-23-14-8-20(9-15-23)16-30-17-24(34)31-22-12-6-19(7-13-22)3-2-18-4-10-21(11-5-18)27(36)32-25(26(29)35)28(37)33-38/h4-15,25-26,30,35,38H,16-17,29H2,1H3,(H,31,34)(H,32,36)(H,33,37)/t25-,26-/m0/s1. The maximum Gasteiger partial charge on any atom is 0.270 e. The van der Waals surface area contributed by atoms with Crippen LogP contribution in [0.2, 0.25) is 0 Å². The molecule has 0 spiro atoms. The summed E-state index contributed by atoms with van der Waals surface area (Å²) >= 11 is 1.68. The number of amides is 3. The molecule has 3 aromatic carbocycles. The molecule has 0 aliphatic carbocycles. The van der Waals surface area contributed by atoms with Gasteiger partial charge in [-0.15, -0.1) is 11.8 Å². The normalized spacial score (nSPS) is 11.9. The summed E-state index contributed by atoms with van der Waals surface area (Å²) in [5.41, 5.74) is 9.94. The van der Waals surface area contributed by atoms with E-state index >= 15 is 0 Å². The lowest BCUT2D eigenvalue weighted by Gasteiger charge is -2.18. The van der Waals surface area contributed by atoms with Crippen LogP contribution in [0, 0.1) is 11.8 Å². The van der Waals surface area contributed by atoms with Crippen molar-refractivity contribution in [3.05, 3.63) is 95.1 Å². The maximum absolute atomic E-state index is 12.3. The summed E-state index contributed by atoms with van der Waals surface area (Å²) in [6.45, 7) is 0.780. The minimum atomic E-state index is -1.70. The predicted molar refractivity (Wildman–Crippen MR) is 149 cm³/mol. The zero-order chi connectivity index (χ0) is 28.2. The van der Waals surface area contributed by atoms with Crippen molar-refractivity contribution in [3.8, 4) is 11.8 Å². The molecule has 2 atom stereocenters. The largest absolute Gasteiger partial charge is 0.376 e. The van der Waals surface area contributed by atoms with E-state index in [4.69, 9.17) is 10.9 Å². The molecule has 39 heavy (non-hydrogen) atoms. The third-order valence-corrected chi connectivity index (χ3v) is 6.21. The molecule has 0 aromatic heterocycles. The van der Waals surface area contributed by atoms with Gasteiger partial charge >= 0.3 is 0 Å². The van der Waals surface area contributed by atoms with Gasteiger partial charge in [-0.1, -0.05) is 24.0 Å². The van der Waals surface area contributed by atoms with E-state index in [1.165, 1.54) is 22.5 Å². The summed E-state index contributed by atoms with van der Waals surface area (Å²) in [5.74, 6) is 4.14. The number of hydroxylamine groups is 1. The highest BCUT2D eigenvalue weighted by Gasteiger charge is 2.26. The van der Waals surface area contributed by atoms with E-state index in [0.717, 1.165) is 11.1 Å². The Balaban J connectivity index is 1.49. The van der Waals surface area contributed by atoms with Crippen LogP contribution >= 0.6 is 11.8 Å². The van der Waals surface area contributed by atoms with Crippen molar-refractivity contribution < 1.29 is 24.7 Å². The highest BCUT2D eigenvalue weighted by molar-refractivity contribution is 7.98. The summed E-state index contributed by atoms with van der Waals surface area (Å²) in [7, 11) is 0. The first-order valence-corrected chi connectivity index (χ1v) is 13.1. The fourth-order valence-electron chi connectivity index (χ4n) is 3.36. The Labute approximate surface area is 230 Å². The quantitative estimate of drug-likeness (QED) is 0.0658. The molecule has 0 radical (unpaired) electrons. The molecular formula is C28H29N5O5S. The molecule has 0 bridgehead atoms. The molecule has 11 heteroatoms. The number of hydrogen-bond donors (Lipinski definition) is 7. The lowest BCUT2D eigenvalue weighted by Crippen LogP contribution is -2.55. The molecule has 10 nitrogen and oxygen atoms in total. The molecule has 0 saturated carbocycles. The van der Waals surface area contributed by atoms with Gasteiger partial charge in [-0.05, 0) is 72.5 Å². The molecule has 3 amide bonds. The van der Waals surface area contributed by atoms with Crippen LogP contribution < -0.4 is 27.2 Å². The number of carbonyl (C=O) groups is 3. The molecule has 0 aliphatic heterocycles.